The molecule has 0 amide bonds. The van der Waals surface area contributed by atoms with Gasteiger partial charge in [-0.05, 0) is 0 Å². The lowest BCUT2D eigenvalue weighted by Gasteiger charge is -1.79. The number of rotatable bonds is 5. The van der Waals surface area contributed by atoms with Crippen molar-refractivity contribution >= 4 is 0 Å². The maximum atomic E-state index is 2.21. The van der Waals surface area contributed by atoms with Crippen LogP contribution in [-0.4, -0.2) is 0 Å². The molecule has 0 aromatic carbocycles. The first-order valence-electron chi connectivity index (χ1n) is 13.0. The van der Waals surface area contributed by atoms with Crippen LogP contribution in [0, 0.1) is 0 Å². The van der Waals surface area contributed by atoms with Crippen LogP contribution < -0.4 is 0 Å². The Morgan fingerprint density at radius 2 is 0.314 bits per heavy atom. The van der Waals surface area contributed by atoms with Gasteiger partial charge in [0.05, 0.1) is 0 Å². The molecule has 0 heteroatoms. The third-order valence-corrected chi connectivity index (χ3v) is 1.91. The zero-order chi connectivity index (χ0) is 23.8. The van der Waals surface area contributed by atoms with Crippen molar-refractivity contribution in [1.29, 1.82) is 0 Å². The quantitative estimate of drug-likeness (QED) is 0.336. The smallest absolute Gasteiger partial charge is 0.0538 e. The third-order valence-electron chi connectivity index (χ3n) is 1.91. The second-order valence-corrected chi connectivity index (χ2v) is 5.83. The van der Waals surface area contributed by atoms with Crippen molar-refractivity contribution in [3.63, 3.8) is 0 Å². The van der Waals surface area contributed by atoms with Crippen LogP contribution in [0.15, 0.2) is 0 Å². The van der Waals surface area contributed by atoms with Crippen LogP contribution in [0.25, 0.3) is 0 Å². The van der Waals surface area contributed by atoms with Gasteiger partial charge in [-0.2, -0.15) is 0 Å². The SMILES string of the molecule is C.C.C.C.C.C.C.C.CC.CC.CCC.CCC.CCC.CCCC.CCCCC.CCCCC. The minimum absolute atomic E-state index is 0. The molecule has 0 aliphatic carbocycles. The van der Waals surface area contributed by atoms with E-state index in [1.807, 2.05) is 27.7 Å². The molecular formula is C35H102. The van der Waals surface area contributed by atoms with Crippen molar-refractivity contribution in [1.82, 2.24) is 0 Å². The molecule has 0 saturated carbocycles. The molecule has 242 valence electrons. The van der Waals surface area contributed by atoms with Crippen molar-refractivity contribution in [2.45, 2.75) is 241 Å². The largest absolute Gasteiger partial charge is 0.0776 e. The Morgan fingerprint density at radius 3 is 0.314 bits per heavy atom. The van der Waals surface area contributed by atoms with Gasteiger partial charge >= 0.3 is 0 Å². The summed E-state index contributed by atoms with van der Waals surface area (Å²) < 4.78 is 0. The average molecular weight is 523 g/mol. The summed E-state index contributed by atoms with van der Waals surface area (Å²) in [5.41, 5.74) is 0. The lowest BCUT2D eigenvalue weighted by atomic mass is 10.3. The van der Waals surface area contributed by atoms with E-state index in [0.717, 1.165) is 0 Å². The van der Waals surface area contributed by atoms with Gasteiger partial charge in [0.1, 0.15) is 0 Å². The third kappa shape index (κ3) is 1390. The fraction of sp³-hybridized carbons (Fsp3) is 1.00. The van der Waals surface area contributed by atoms with Gasteiger partial charge in [0.25, 0.3) is 0 Å². The van der Waals surface area contributed by atoms with Gasteiger partial charge in [-0.3, -0.25) is 0 Å². The Kier molecular flexibility index (Phi) is 980. The Balaban J connectivity index is -0.00000000830. The molecule has 0 aliphatic rings. The Labute approximate surface area is 240 Å². The van der Waals surface area contributed by atoms with Crippen LogP contribution in [0.1, 0.15) is 241 Å². The molecule has 0 radical (unpaired) electrons. The van der Waals surface area contributed by atoms with Crippen LogP contribution in [0.4, 0.5) is 0 Å². The molecule has 0 aromatic heterocycles. The second kappa shape index (κ2) is 306. The maximum absolute atomic E-state index is 2.21. The Hall–Kier alpha value is 0. The molecule has 0 rings (SSSR count). The van der Waals surface area contributed by atoms with Gasteiger partial charge in [-0.1, -0.05) is 241 Å². The van der Waals surface area contributed by atoms with E-state index in [1.54, 1.807) is 0 Å². The van der Waals surface area contributed by atoms with E-state index < -0.39 is 0 Å². The number of unbranched alkanes of at least 4 members (excludes halogenated alkanes) is 5. The summed E-state index contributed by atoms with van der Waals surface area (Å²) >= 11 is 0. The predicted molar refractivity (Wildman–Crippen MR) is 195 cm³/mol. The van der Waals surface area contributed by atoms with Gasteiger partial charge in [-0.25, -0.2) is 0 Å². The zero-order valence-electron chi connectivity index (χ0n) is 23.8. The molecule has 0 saturated heterocycles. The van der Waals surface area contributed by atoms with Gasteiger partial charge in [0, 0.05) is 0 Å². The van der Waals surface area contributed by atoms with Crippen LogP contribution >= 0.6 is 0 Å². The first kappa shape index (κ1) is 112. The highest BCUT2D eigenvalue weighted by Gasteiger charge is 1.68. The lowest BCUT2D eigenvalue weighted by molar-refractivity contribution is 0.772. The highest BCUT2D eigenvalue weighted by atomic mass is 13.8. The van der Waals surface area contributed by atoms with E-state index in [4.69, 9.17) is 0 Å². The highest BCUT2D eigenvalue weighted by molar-refractivity contribution is 4.24. The van der Waals surface area contributed by atoms with Crippen molar-refractivity contribution in [2.24, 2.45) is 0 Å². The summed E-state index contributed by atoms with van der Waals surface area (Å²) in [6.45, 7) is 34.0. The molecule has 0 unspecified atom stereocenters. The monoisotopic (exact) mass is 523 g/mol. The summed E-state index contributed by atoms with van der Waals surface area (Å²) in [4.78, 5) is 0. The van der Waals surface area contributed by atoms with Gasteiger partial charge in [0.15, 0.2) is 0 Å². The lowest BCUT2D eigenvalue weighted by Crippen LogP contribution is -1.59. The van der Waals surface area contributed by atoms with Crippen molar-refractivity contribution in [2.75, 3.05) is 0 Å². The molecule has 0 fully saturated rings. The van der Waals surface area contributed by atoms with Crippen molar-refractivity contribution in [3.05, 3.63) is 0 Å². The first-order chi connectivity index (χ1) is 13.0. The van der Waals surface area contributed by atoms with E-state index in [1.165, 1.54) is 70.6 Å². The molecule has 35 heavy (non-hydrogen) atoms. The van der Waals surface area contributed by atoms with Crippen LogP contribution in [-0.2, 0) is 0 Å². The van der Waals surface area contributed by atoms with E-state index in [0.29, 0.717) is 0 Å². The molecule has 0 heterocycles. The first-order valence-corrected chi connectivity index (χ1v) is 13.0. The summed E-state index contributed by atoms with van der Waals surface area (Å²) in [7, 11) is 0. The topological polar surface area (TPSA) is 0 Å². The number of hydrogen-bond acceptors (Lipinski definition) is 0. The predicted octanol–water partition coefficient (Wildman–Crippen LogP) is 17.6. The zero-order valence-corrected chi connectivity index (χ0v) is 23.8. The van der Waals surface area contributed by atoms with Gasteiger partial charge in [-0.15, -0.1) is 0 Å². The summed E-state index contributed by atoms with van der Waals surface area (Å²) in [6, 6.07) is 0. The minimum Gasteiger partial charge on any atom is -0.0776 e. The van der Waals surface area contributed by atoms with Crippen LogP contribution in [0.2, 0.25) is 0 Å². The summed E-state index contributed by atoms with van der Waals surface area (Å²) in [5, 5.41) is 0. The van der Waals surface area contributed by atoms with Crippen molar-refractivity contribution < 1.29 is 0 Å². The molecule has 0 bridgehead atoms. The molecule has 0 N–H and O–H groups in total. The molecule has 0 aliphatic heterocycles. The normalized spacial score (nSPS) is 5.14. The standard InChI is InChI=1S/2C5H12.C4H10.3C3H8.2C2H6.8CH4/c2*1-3-5-4-2;1-3-4-2;3*1-3-2;2*1-2;;;;;;;;/h2*3-5H2,1-2H3;3-4H2,1-2H3;3*3H2,1-2H3;2*1-2H3;8*1H4. The van der Waals surface area contributed by atoms with E-state index in [9.17, 15) is 0 Å². The minimum atomic E-state index is 0. The average Bonchev–Trinajstić information content (AvgIpc) is 2.69. The molecule has 0 aromatic rings. The fourth-order valence-electron chi connectivity index (χ4n) is 0.707. The van der Waals surface area contributed by atoms with Crippen molar-refractivity contribution in [3.8, 4) is 0 Å². The molecule has 0 atom stereocenters. The summed E-state index contributed by atoms with van der Waals surface area (Å²) in [6.07, 6.45) is 14.5. The van der Waals surface area contributed by atoms with Gasteiger partial charge < -0.3 is 0 Å². The van der Waals surface area contributed by atoms with Crippen LogP contribution in [0.5, 0.6) is 0 Å². The second-order valence-electron chi connectivity index (χ2n) is 5.83. The van der Waals surface area contributed by atoms with E-state index in [2.05, 4.69) is 83.1 Å². The Morgan fingerprint density at radius 1 is 0.229 bits per heavy atom. The number of hydrogen-bond donors (Lipinski definition) is 0. The molecule has 0 nitrogen and oxygen atoms in total. The highest BCUT2D eigenvalue weighted by Crippen LogP contribution is 1.88. The summed E-state index contributed by atoms with van der Waals surface area (Å²) in [5.74, 6) is 0. The fourth-order valence-corrected chi connectivity index (χ4v) is 0.707. The van der Waals surface area contributed by atoms with Gasteiger partial charge in [0.2, 0.25) is 0 Å². The maximum Gasteiger partial charge on any atom is -0.0538 e. The van der Waals surface area contributed by atoms with E-state index in [-0.39, 0.29) is 59.4 Å². The molecule has 0 spiro atoms. The Bertz CT molecular complexity index is 59.4. The molecular weight excluding hydrogens is 420 g/mol. The van der Waals surface area contributed by atoms with Crippen LogP contribution in [0.3, 0.4) is 0 Å². The van der Waals surface area contributed by atoms with E-state index >= 15 is 0 Å².